The fourth-order valence-electron chi connectivity index (χ4n) is 2.00. The predicted octanol–water partition coefficient (Wildman–Crippen LogP) is 2.84. The van der Waals surface area contributed by atoms with Gasteiger partial charge >= 0.3 is 0 Å². The molecule has 2 aromatic carbocycles. The molecule has 0 aromatic heterocycles. The molecule has 0 aliphatic heterocycles. The van der Waals surface area contributed by atoms with Crippen molar-refractivity contribution in [3.8, 4) is 0 Å². The number of nitrogens with zero attached hydrogens (tertiary/aromatic N) is 2. The van der Waals surface area contributed by atoms with E-state index < -0.39 is 0 Å². The second kappa shape index (κ2) is 7.98. The van der Waals surface area contributed by atoms with Crippen molar-refractivity contribution < 1.29 is 4.79 Å². The van der Waals surface area contributed by atoms with E-state index in [-0.39, 0.29) is 5.91 Å². The van der Waals surface area contributed by atoms with Crippen LogP contribution in [-0.4, -0.2) is 26.2 Å². The third-order valence-electron chi connectivity index (χ3n) is 3.30. The summed E-state index contributed by atoms with van der Waals surface area (Å²) in [6.07, 6.45) is 2.81. The van der Waals surface area contributed by atoms with Gasteiger partial charge in [0, 0.05) is 26.2 Å². The van der Waals surface area contributed by atoms with Crippen LogP contribution in [0.3, 0.4) is 0 Å². The summed E-state index contributed by atoms with van der Waals surface area (Å²) in [6.45, 7) is 0. The molecule has 0 saturated carbocycles. The van der Waals surface area contributed by atoms with Crippen LogP contribution in [0.5, 0.6) is 0 Å². The number of carbonyl (C=O) groups is 1. The highest BCUT2D eigenvalue weighted by atomic mass is 16.2. The lowest BCUT2D eigenvalue weighted by atomic mass is 10.1. The van der Waals surface area contributed by atoms with Crippen molar-refractivity contribution in [3.05, 3.63) is 65.7 Å². The van der Waals surface area contributed by atoms with E-state index in [2.05, 4.69) is 10.5 Å². The summed E-state index contributed by atoms with van der Waals surface area (Å²) < 4.78 is 0. The molecule has 0 fully saturated rings. The molecule has 0 radical (unpaired) electrons. The summed E-state index contributed by atoms with van der Waals surface area (Å²) in [5.74, 6) is -0.0787. The van der Waals surface area contributed by atoms with Gasteiger partial charge < -0.3 is 4.90 Å². The maximum Gasteiger partial charge on any atom is 0.240 e. The molecule has 1 amide bonds. The zero-order valence-electron chi connectivity index (χ0n) is 13.0. The van der Waals surface area contributed by atoms with E-state index in [1.54, 1.807) is 6.21 Å². The molecule has 0 bridgehead atoms. The van der Waals surface area contributed by atoms with Gasteiger partial charge in [0.2, 0.25) is 5.91 Å². The summed E-state index contributed by atoms with van der Waals surface area (Å²) >= 11 is 0. The first-order valence-corrected chi connectivity index (χ1v) is 7.28. The van der Waals surface area contributed by atoms with Crippen LogP contribution in [0.25, 0.3) is 0 Å². The Kier molecular flexibility index (Phi) is 5.72. The first-order valence-electron chi connectivity index (χ1n) is 7.28. The zero-order valence-corrected chi connectivity index (χ0v) is 13.0. The molecule has 0 aliphatic carbocycles. The fraction of sp³-hybridized carbons (Fsp3) is 0.222. The number of rotatable bonds is 6. The van der Waals surface area contributed by atoms with Gasteiger partial charge in [-0.1, -0.05) is 42.5 Å². The summed E-state index contributed by atoms with van der Waals surface area (Å²) in [7, 11) is 3.99. The Morgan fingerprint density at radius 1 is 1.09 bits per heavy atom. The fourth-order valence-corrected chi connectivity index (χ4v) is 2.00. The largest absolute Gasteiger partial charge is 0.378 e. The van der Waals surface area contributed by atoms with Crippen molar-refractivity contribution in [1.29, 1.82) is 0 Å². The number of benzene rings is 2. The highest BCUT2D eigenvalue weighted by molar-refractivity contribution is 5.82. The topological polar surface area (TPSA) is 44.7 Å². The monoisotopic (exact) mass is 295 g/mol. The van der Waals surface area contributed by atoms with Gasteiger partial charge in [0.15, 0.2) is 0 Å². The van der Waals surface area contributed by atoms with E-state index in [1.165, 1.54) is 0 Å². The summed E-state index contributed by atoms with van der Waals surface area (Å²) in [4.78, 5) is 13.8. The molecule has 1 N–H and O–H groups in total. The maximum atomic E-state index is 11.7. The Labute approximate surface area is 131 Å². The highest BCUT2D eigenvalue weighted by Gasteiger charge is 2.00. The van der Waals surface area contributed by atoms with Crippen LogP contribution in [0.4, 0.5) is 5.69 Å². The van der Waals surface area contributed by atoms with E-state index in [1.807, 2.05) is 73.6 Å². The Bertz CT molecular complexity index is 619. The van der Waals surface area contributed by atoms with Gasteiger partial charge in [0.25, 0.3) is 0 Å². The summed E-state index contributed by atoms with van der Waals surface area (Å²) in [6, 6.07) is 17.9. The molecule has 0 atom stereocenters. The molecule has 0 unspecified atom stereocenters. The van der Waals surface area contributed by atoms with Gasteiger partial charge in [-0.15, -0.1) is 0 Å². The van der Waals surface area contributed by atoms with E-state index in [9.17, 15) is 4.79 Å². The molecule has 0 heterocycles. The quantitative estimate of drug-likeness (QED) is 0.658. The van der Waals surface area contributed by atoms with E-state index in [0.29, 0.717) is 6.42 Å². The van der Waals surface area contributed by atoms with Crippen molar-refractivity contribution >= 4 is 17.8 Å². The number of hydrogen-bond donors (Lipinski definition) is 1. The number of hydrazone groups is 1. The standard InChI is InChI=1S/C18H21N3O/c1-21(2)17-11-8-16(9-12-17)14-19-20-18(22)13-10-15-6-4-3-5-7-15/h3-9,11-12,14H,10,13H2,1-2H3,(H,20,22)/b19-14-. The lowest BCUT2D eigenvalue weighted by Gasteiger charge is -2.11. The molecule has 0 spiro atoms. The minimum Gasteiger partial charge on any atom is -0.378 e. The van der Waals surface area contributed by atoms with Gasteiger partial charge in [0.1, 0.15) is 0 Å². The van der Waals surface area contributed by atoms with Crippen molar-refractivity contribution in [2.75, 3.05) is 19.0 Å². The number of nitrogens with one attached hydrogen (secondary N) is 1. The number of anilines is 1. The van der Waals surface area contributed by atoms with Gasteiger partial charge in [-0.25, -0.2) is 5.43 Å². The molecular weight excluding hydrogens is 274 g/mol. The van der Waals surface area contributed by atoms with Crippen molar-refractivity contribution in [3.63, 3.8) is 0 Å². The Hall–Kier alpha value is -2.62. The normalized spacial score (nSPS) is 10.6. The van der Waals surface area contributed by atoms with Crippen LogP contribution in [0, 0.1) is 0 Å². The number of amides is 1. The molecule has 0 aliphatic rings. The molecule has 22 heavy (non-hydrogen) atoms. The first-order chi connectivity index (χ1) is 10.6. The molecule has 4 nitrogen and oxygen atoms in total. The van der Waals surface area contributed by atoms with Crippen LogP contribution < -0.4 is 10.3 Å². The van der Waals surface area contributed by atoms with Crippen LogP contribution in [0.15, 0.2) is 59.7 Å². The van der Waals surface area contributed by atoms with E-state index in [4.69, 9.17) is 0 Å². The average Bonchev–Trinajstić information content (AvgIpc) is 2.54. The molecule has 2 aromatic rings. The minimum atomic E-state index is -0.0787. The minimum absolute atomic E-state index is 0.0787. The van der Waals surface area contributed by atoms with Crippen molar-refractivity contribution in [2.45, 2.75) is 12.8 Å². The van der Waals surface area contributed by atoms with Gasteiger partial charge in [-0.2, -0.15) is 5.10 Å². The highest BCUT2D eigenvalue weighted by Crippen LogP contribution is 2.10. The summed E-state index contributed by atoms with van der Waals surface area (Å²) in [5.41, 5.74) is 5.79. The first kappa shape index (κ1) is 15.8. The predicted molar refractivity (Wildman–Crippen MR) is 91.3 cm³/mol. The van der Waals surface area contributed by atoms with E-state index >= 15 is 0 Å². The van der Waals surface area contributed by atoms with Crippen molar-refractivity contribution in [1.82, 2.24) is 5.43 Å². The number of carbonyl (C=O) groups excluding carboxylic acids is 1. The smallest absolute Gasteiger partial charge is 0.240 e. The van der Waals surface area contributed by atoms with Crippen LogP contribution in [-0.2, 0) is 11.2 Å². The third-order valence-corrected chi connectivity index (χ3v) is 3.30. The SMILES string of the molecule is CN(C)c1ccc(/C=N\NC(=O)CCc2ccccc2)cc1. The lowest BCUT2D eigenvalue weighted by molar-refractivity contribution is -0.121. The second-order valence-corrected chi connectivity index (χ2v) is 5.26. The van der Waals surface area contributed by atoms with Crippen LogP contribution >= 0.6 is 0 Å². The van der Waals surface area contributed by atoms with Crippen molar-refractivity contribution in [2.24, 2.45) is 5.10 Å². The van der Waals surface area contributed by atoms with Gasteiger partial charge in [-0.05, 0) is 29.7 Å². The molecule has 114 valence electrons. The average molecular weight is 295 g/mol. The lowest BCUT2D eigenvalue weighted by Crippen LogP contribution is -2.17. The molecule has 0 saturated heterocycles. The van der Waals surface area contributed by atoms with Gasteiger partial charge in [0.05, 0.1) is 6.21 Å². The number of aryl methyl sites for hydroxylation is 1. The molecule has 2 rings (SSSR count). The van der Waals surface area contributed by atoms with Crippen LogP contribution in [0.2, 0.25) is 0 Å². The third kappa shape index (κ3) is 5.05. The molecule has 4 heteroatoms. The van der Waals surface area contributed by atoms with E-state index in [0.717, 1.165) is 23.2 Å². The molecular formula is C18H21N3O. The second-order valence-electron chi connectivity index (χ2n) is 5.26. The van der Waals surface area contributed by atoms with Crippen LogP contribution in [0.1, 0.15) is 17.5 Å². The summed E-state index contributed by atoms with van der Waals surface area (Å²) in [5, 5.41) is 3.99. The maximum absolute atomic E-state index is 11.7. The Morgan fingerprint density at radius 2 is 1.77 bits per heavy atom. The van der Waals surface area contributed by atoms with Gasteiger partial charge in [-0.3, -0.25) is 4.79 Å². The zero-order chi connectivity index (χ0) is 15.8. The Balaban J connectivity index is 1.78. The number of hydrogen-bond acceptors (Lipinski definition) is 3. The Morgan fingerprint density at radius 3 is 2.41 bits per heavy atom.